The van der Waals surface area contributed by atoms with Gasteiger partial charge in [0.05, 0.1) is 17.2 Å². The van der Waals surface area contributed by atoms with E-state index in [1.54, 1.807) is 29.2 Å². The molecule has 156 valence electrons. The first-order valence-corrected chi connectivity index (χ1v) is 9.72. The Morgan fingerprint density at radius 2 is 1.73 bits per heavy atom. The van der Waals surface area contributed by atoms with Crippen molar-refractivity contribution in [2.75, 3.05) is 18.4 Å². The Morgan fingerprint density at radius 3 is 2.47 bits per heavy atom. The van der Waals surface area contributed by atoms with Gasteiger partial charge in [0, 0.05) is 32.5 Å². The van der Waals surface area contributed by atoms with Crippen LogP contribution in [0.2, 0.25) is 0 Å². The number of carbonyl (C=O) groups excluding carboxylic acids is 4. The van der Waals surface area contributed by atoms with Gasteiger partial charge in [-0.2, -0.15) is 0 Å². The third-order valence-electron chi connectivity index (χ3n) is 4.89. The molecule has 1 fully saturated rings. The molecule has 1 aliphatic heterocycles. The van der Waals surface area contributed by atoms with Crippen molar-refractivity contribution < 1.29 is 19.2 Å². The first-order chi connectivity index (χ1) is 14.4. The quantitative estimate of drug-likeness (QED) is 0.609. The van der Waals surface area contributed by atoms with Crippen molar-refractivity contribution in [1.82, 2.24) is 10.2 Å². The molecular formula is C22H24N4O4. The number of para-hydroxylation sites is 1. The van der Waals surface area contributed by atoms with Gasteiger partial charge in [-0.05, 0) is 17.7 Å². The highest BCUT2D eigenvalue weighted by molar-refractivity contribution is 6.05. The average molecular weight is 408 g/mol. The largest absolute Gasteiger partial charge is 0.370 e. The van der Waals surface area contributed by atoms with Gasteiger partial charge in [0.25, 0.3) is 5.91 Å². The fraction of sp³-hybridized carbons (Fsp3) is 0.273. The van der Waals surface area contributed by atoms with Crippen molar-refractivity contribution in [1.29, 1.82) is 0 Å². The predicted molar refractivity (Wildman–Crippen MR) is 111 cm³/mol. The van der Waals surface area contributed by atoms with Crippen molar-refractivity contribution >= 4 is 29.3 Å². The smallest absolute Gasteiger partial charge is 0.253 e. The van der Waals surface area contributed by atoms with E-state index < -0.39 is 17.7 Å². The molecular weight excluding hydrogens is 384 g/mol. The summed E-state index contributed by atoms with van der Waals surface area (Å²) in [6.07, 6.45) is 0.160. The number of anilines is 1. The second-order valence-electron chi connectivity index (χ2n) is 7.17. The lowest BCUT2D eigenvalue weighted by atomic mass is 10.1. The summed E-state index contributed by atoms with van der Waals surface area (Å²) in [5, 5.41) is 5.37. The summed E-state index contributed by atoms with van der Waals surface area (Å²) in [5.74, 6) is -1.80. The normalized spacial score (nSPS) is 15.7. The molecule has 0 saturated carbocycles. The van der Waals surface area contributed by atoms with Crippen LogP contribution in [0.5, 0.6) is 0 Å². The molecule has 2 aromatic carbocycles. The predicted octanol–water partition coefficient (Wildman–Crippen LogP) is 1.28. The van der Waals surface area contributed by atoms with Gasteiger partial charge in [0.2, 0.25) is 17.7 Å². The van der Waals surface area contributed by atoms with Crippen LogP contribution in [0.1, 0.15) is 28.8 Å². The molecule has 1 atom stereocenters. The number of nitrogens with zero attached hydrogens (tertiary/aromatic N) is 1. The van der Waals surface area contributed by atoms with E-state index in [0.29, 0.717) is 18.8 Å². The molecule has 4 amide bonds. The van der Waals surface area contributed by atoms with E-state index in [-0.39, 0.29) is 36.8 Å². The second-order valence-corrected chi connectivity index (χ2v) is 7.17. The highest BCUT2D eigenvalue weighted by atomic mass is 16.2. The summed E-state index contributed by atoms with van der Waals surface area (Å²) >= 11 is 0. The van der Waals surface area contributed by atoms with E-state index in [1.807, 2.05) is 30.3 Å². The zero-order valence-corrected chi connectivity index (χ0v) is 16.5. The number of carbonyl (C=O) groups is 4. The molecule has 3 rings (SSSR count). The summed E-state index contributed by atoms with van der Waals surface area (Å²) < 4.78 is 0. The molecule has 8 heteroatoms. The number of benzene rings is 2. The molecule has 30 heavy (non-hydrogen) atoms. The van der Waals surface area contributed by atoms with Gasteiger partial charge in [-0.3, -0.25) is 19.2 Å². The number of hydrogen-bond acceptors (Lipinski definition) is 4. The van der Waals surface area contributed by atoms with Crippen LogP contribution in [0, 0.1) is 5.92 Å². The van der Waals surface area contributed by atoms with Gasteiger partial charge in [-0.1, -0.05) is 42.5 Å². The highest BCUT2D eigenvalue weighted by Gasteiger charge is 2.34. The molecule has 0 radical (unpaired) electrons. The van der Waals surface area contributed by atoms with Gasteiger partial charge < -0.3 is 21.3 Å². The second kappa shape index (κ2) is 9.69. The minimum atomic E-state index is -0.511. The fourth-order valence-corrected chi connectivity index (χ4v) is 3.32. The summed E-state index contributed by atoms with van der Waals surface area (Å²) in [6, 6.07) is 16.2. The van der Waals surface area contributed by atoms with Crippen LogP contribution < -0.4 is 16.4 Å². The Labute approximate surface area is 174 Å². The van der Waals surface area contributed by atoms with E-state index in [9.17, 15) is 19.2 Å². The SMILES string of the molecule is NC(=O)CCNC(=O)c1ccccc1NC(=O)C1CC(=O)N(Cc2ccccc2)C1. The molecule has 1 aliphatic rings. The maximum atomic E-state index is 12.8. The van der Waals surface area contributed by atoms with Gasteiger partial charge >= 0.3 is 0 Å². The van der Waals surface area contributed by atoms with Crippen molar-refractivity contribution in [3.63, 3.8) is 0 Å². The molecule has 0 aromatic heterocycles. The summed E-state index contributed by atoms with van der Waals surface area (Å²) in [6.45, 7) is 0.900. The summed E-state index contributed by atoms with van der Waals surface area (Å²) in [4.78, 5) is 50.0. The monoisotopic (exact) mass is 408 g/mol. The van der Waals surface area contributed by atoms with E-state index in [2.05, 4.69) is 10.6 Å². The number of amides is 4. The first-order valence-electron chi connectivity index (χ1n) is 9.72. The van der Waals surface area contributed by atoms with Gasteiger partial charge in [0.1, 0.15) is 0 Å². The molecule has 1 unspecified atom stereocenters. The van der Waals surface area contributed by atoms with E-state index in [1.165, 1.54) is 0 Å². The minimum absolute atomic E-state index is 0.0295. The van der Waals surface area contributed by atoms with Crippen molar-refractivity contribution in [2.24, 2.45) is 11.7 Å². The Hall–Kier alpha value is -3.68. The molecule has 0 aliphatic carbocycles. The first kappa shape index (κ1) is 21.0. The van der Waals surface area contributed by atoms with Crippen LogP contribution in [0.15, 0.2) is 54.6 Å². The third kappa shape index (κ3) is 5.44. The Balaban J connectivity index is 1.61. The molecule has 2 aromatic rings. The topological polar surface area (TPSA) is 122 Å². The summed E-state index contributed by atoms with van der Waals surface area (Å²) in [7, 11) is 0. The minimum Gasteiger partial charge on any atom is -0.370 e. The van der Waals surface area contributed by atoms with Crippen LogP contribution in [0.25, 0.3) is 0 Å². The number of likely N-dealkylation sites (tertiary alicyclic amines) is 1. The maximum Gasteiger partial charge on any atom is 0.253 e. The van der Waals surface area contributed by atoms with Crippen LogP contribution in [0.3, 0.4) is 0 Å². The maximum absolute atomic E-state index is 12.8. The zero-order valence-electron chi connectivity index (χ0n) is 16.5. The molecule has 1 heterocycles. The molecule has 8 nitrogen and oxygen atoms in total. The molecule has 0 bridgehead atoms. The molecule has 0 spiro atoms. The van der Waals surface area contributed by atoms with E-state index in [0.717, 1.165) is 5.56 Å². The fourth-order valence-electron chi connectivity index (χ4n) is 3.32. The Morgan fingerprint density at radius 1 is 1.03 bits per heavy atom. The van der Waals surface area contributed by atoms with Gasteiger partial charge in [-0.25, -0.2) is 0 Å². The van der Waals surface area contributed by atoms with Crippen molar-refractivity contribution in [3.8, 4) is 0 Å². The lowest BCUT2D eigenvalue weighted by Crippen LogP contribution is -2.30. The Bertz CT molecular complexity index is 945. The number of nitrogens with one attached hydrogen (secondary N) is 2. The average Bonchev–Trinajstić information content (AvgIpc) is 3.09. The van der Waals surface area contributed by atoms with E-state index in [4.69, 9.17) is 5.73 Å². The van der Waals surface area contributed by atoms with Crippen LogP contribution in [0.4, 0.5) is 5.69 Å². The molecule has 1 saturated heterocycles. The Kier molecular flexibility index (Phi) is 6.79. The molecule has 4 N–H and O–H groups in total. The van der Waals surface area contributed by atoms with E-state index >= 15 is 0 Å². The van der Waals surface area contributed by atoms with Crippen molar-refractivity contribution in [3.05, 3.63) is 65.7 Å². The number of rotatable bonds is 8. The summed E-state index contributed by atoms with van der Waals surface area (Å²) in [5.41, 5.74) is 6.71. The van der Waals surface area contributed by atoms with Crippen LogP contribution in [-0.4, -0.2) is 41.6 Å². The van der Waals surface area contributed by atoms with Gasteiger partial charge in [0.15, 0.2) is 0 Å². The lowest BCUT2D eigenvalue weighted by Gasteiger charge is -2.17. The highest BCUT2D eigenvalue weighted by Crippen LogP contribution is 2.23. The number of primary amides is 1. The van der Waals surface area contributed by atoms with Crippen LogP contribution >= 0.6 is 0 Å². The number of nitrogens with two attached hydrogens (primary N) is 1. The lowest BCUT2D eigenvalue weighted by molar-refractivity contribution is -0.128. The third-order valence-corrected chi connectivity index (χ3v) is 4.89. The zero-order chi connectivity index (χ0) is 21.5. The standard InChI is InChI=1S/C22H24N4O4/c23-19(27)10-11-24-22(30)17-8-4-5-9-18(17)25-21(29)16-12-20(28)26(14-16)13-15-6-2-1-3-7-15/h1-9,16H,10-14H2,(H2,23,27)(H,24,30)(H,25,29). The number of hydrogen-bond donors (Lipinski definition) is 3. The van der Waals surface area contributed by atoms with Gasteiger partial charge in [-0.15, -0.1) is 0 Å². The van der Waals surface area contributed by atoms with Crippen molar-refractivity contribution in [2.45, 2.75) is 19.4 Å². The van der Waals surface area contributed by atoms with Crippen LogP contribution in [-0.2, 0) is 20.9 Å².